The largest absolute Gasteiger partial charge is 0.472 e. The maximum absolute atomic E-state index is 12.6. The van der Waals surface area contributed by atoms with Gasteiger partial charge in [-0.3, -0.25) is 9.78 Å². The van der Waals surface area contributed by atoms with E-state index in [0.717, 1.165) is 22.3 Å². The van der Waals surface area contributed by atoms with Crippen LogP contribution in [0.1, 0.15) is 22.2 Å². The molecule has 1 aliphatic rings. The van der Waals surface area contributed by atoms with Crippen LogP contribution in [0.2, 0.25) is 0 Å². The zero-order valence-corrected chi connectivity index (χ0v) is 14.9. The lowest BCUT2D eigenvalue weighted by Gasteiger charge is -2.31. The summed E-state index contributed by atoms with van der Waals surface area (Å²) in [6.07, 6.45) is 8.08. The van der Waals surface area contributed by atoms with Gasteiger partial charge in [0.1, 0.15) is 18.1 Å². The molecule has 1 amide bonds. The van der Waals surface area contributed by atoms with Crippen LogP contribution in [-0.4, -0.2) is 50.3 Å². The fourth-order valence-electron chi connectivity index (χ4n) is 3.43. The molecular weight excluding hydrogens is 358 g/mol. The van der Waals surface area contributed by atoms with E-state index >= 15 is 0 Å². The number of carbonyl (C=O) groups is 1. The first-order chi connectivity index (χ1) is 13.8. The summed E-state index contributed by atoms with van der Waals surface area (Å²) in [6.45, 7) is 1.40. The molecule has 0 radical (unpaired) electrons. The first-order valence-corrected chi connectivity index (χ1v) is 8.98. The molecule has 0 N–H and O–H groups in total. The second-order valence-electron chi connectivity index (χ2n) is 6.58. The van der Waals surface area contributed by atoms with Gasteiger partial charge in [0.05, 0.1) is 30.5 Å². The van der Waals surface area contributed by atoms with E-state index in [0.29, 0.717) is 25.3 Å². The highest BCUT2D eigenvalue weighted by atomic mass is 16.5. The molecule has 4 aromatic heterocycles. The van der Waals surface area contributed by atoms with E-state index < -0.39 is 0 Å². The average molecular weight is 375 g/mol. The van der Waals surface area contributed by atoms with Gasteiger partial charge in [0.2, 0.25) is 0 Å². The predicted molar refractivity (Wildman–Crippen MR) is 99.5 cm³/mol. The number of carbonyl (C=O) groups excluding carboxylic acids is 1. The maximum Gasteiger partial charge on any atom is 0.257 e. The van der Waals surface area contributed by atoms with Crippen LogP contribution in [0.4, 0.5) is 0 Å². The van der Waals surface area contributed by atoms with Crippen molar-refractivity contribution in [2.24, 2.45) is 0 Å². The van der Waals surface area contributed by atoms with Crippen LogP contribution in [0, 0.1) is 0 Å². The standard InChI is InChI=1S/C20H17N5O3/c26-20(16-5-9-27-13-16)24-8-10-28-18(12-24)19-17-2-1-15(11-25(17)23-22-19)14-3-6-21-7-4-14/h1-7,9,11,13,18H,8,10,12H2/t18-/m0/s1. The molecule has 8 nitrogen and oxygen atoms in total. The molecule has 5 rings (SSSR count). The number of nitrogens with zero attached hydrogens (tertiary/aromatic N) is 5. The number of aromatic nitrogens is 4. The summed E-state index contributed by atoms with van der Waals surface area (Å²) in [5.41, 5.74) is 4.20. The molecule has 0 bridgehead atoms. The Labute approximate surface area is 160 Å². The molecule has 0 saturated carbocycles. The number of furan rings is 1. The van der Waals surface area contributed by atoms with Crippen LogP contribution in [0.25, 0.3) is 16.6 Å². The van der Waals surface area contributed by atoms with Gasteiger partial charge in [-0.15, -0.1) is 5.10 Å². The second-order valence-corrected chi connectivity index (χ2v) is 6.58. The van der Waals surface area contributed by atoms with E-state index in [9.17, 15) is 4.79 Å². The van der Waals surface area contributed by atoms with Crippen LogP contribution in [0.5, 0.6) is 0 Å². The predicted octanol–water partition coefficient (Wildman–Crippen LogP) is 2.60. The fourth-order valence-corrected chi connectivity index (χ4v) is 3.43. The number of ether oxygens (including phenoxy) is 1. The van der Waals surface area contributed by atoms with E-state index in [1.807, 2.05) is 30.5 Å². The Morgan fingerprint density at radius 1 is 1.11 bits per heavy atom. The van der Waals surface area contributed by atoms with Gasteiger partial charge < -0.3 is 14.1 Å². The molecule has 0 aromatic carbocycles. The van der Waals surface area contributed by atoms with Gasteiger partial charge in [0.15, 0.2) is 0 Å². The average Bonchev–Trinajstić information content (AvgIpc) is 3.43. The van der Waals surface area contributed by atoms with Crippen molar-refractivity contribution < 1.29 is 13.9 Å². The molecule has 1 atom stereocenters. The minimum absolute atomic E-state index is 0.0708. The summed E-state index contributed by atoms with van der Waals surface area (Å²) < 4.78 is 12.7. The summed E-state index contributed by atoms with van der Waals surface area (Å²) in [7, 11) is 0. The molecule has 28 heavy (non-hydrogen) atoms. The normalized spacial score (nSPS) is 17.1. The monoisotopic (exact) mass is 375 g/mol. The molecule has 8 heteroatoms. The number of hydrogen-bond acceptors (Lipinski definition) is 6. The third kappa shape index (κ3) is 2.93. The van der Waals surface area contributed by atoms with Crippen molar-refractivity contribution in [1.82, 2.24) is 24.7 Å². The lowest BCUT2D eigenvalue weighted by Crippen LogP contribution is -2.42. The van der Waals surface area contributed by atoms with E-state index in [4.69, 9.17) is 9.15 Å². The summed E-state index contributed by atoms with van der Waals surface area (Å²) >= 11 is 0. The van der Waals surface area contributed by atoms with Crippen LogP contribution in [0.15, 0.2) is 65.9 Å². The number of pyridine rings is 2. The van der Waals surface area contributed by atoms with E-state index in [-0.39, 0.29) is 12.0 Å². The molecule has 5 heterocycles. The minimum Gasteiger partial charge on any atom is -0.472 e. The van der Waals surface area contributed by atoms with Crippen LogP contribution in [-0.2, 0) is 4.74 Å². The zero-order valence-electron chi connectivity index (χ0n) is 14.9. The summed E-state index contributed by atoms with van der Waals surface area (Å²) in [5, 5.41) is 8.58. The van der Waals surface area contributed by atoms with E-state index in [1.165, 1.54) is 12.5 Å². The number of morpholine rings is 1. The summed E-state index contributed by atoms with van der Waals surface area (Å²) in [5.74, 6) is -0.0708. The molecule has 1 saturated heterocycles. The van der Waals surface area contributed by atoms with Gasteiger partial charge in [0, 0.05) is 30.7 Å². The lowest BCUT2D eigenvalue weighted by atomic mass is 10.1. The molecule has 4 aromatic rings. The Morgan fingerprint density at radius 3 is 2.82 bits per heavy atom. The van der Waals surface area contributed by atoms with Gasteiger partial charge in [-0.2, -0.15) is 0 Å². The lowest BCUT2D eigenvalue weighted by molar-refractivity contribution is -0.0241. The summed E-state index contributed by atoms with van der Waals surface area (Å²) in [4.78, 5) is 18.4. The third-order valence-electron chi connectivity index (χ3n) is 4.88. The van der Waals surface area contributed by atoms with Crippen molar-refractivity contribution in [1.29, 1.82) is 0 Å². The molecule has 1 aliphatic heterocycles. The Hall–Kier alpha value is -3.52. The van der Waals surface area contributed by atoms with Crippen molar-refractivity contribution in [2.75, 3.05) is 19.7 Å². The van der Waals surface area contributed by atoms with Gasteiger partial charge in [-0.1, -0.05) is 11.3 Å². The van der Waals surface area contributed by atoms with E-state index in [2.05, 4.69) is 15.3 Å². The number of fused-ring (bicyclic) bond motifs is 1. The van der Waals surface area contributed by atoms with Gasteiger partial charge >= 0.3 is 0 Å². The topological polar surface area (TPSA) is 85.8 Å². The fraction of sp³-hybridized carbons (Fsp3) is 0.200. The Balaban J connectivity index is 1.42. The van der Waals surface area contributed by atoms with Crippen LogP contribution >= 0.6 is 0 Å². The van der Waals surface area contributed by atoms with Crippen molar-refractivity contribution in [3.8, 4) is 11.1 Å². The smallest absolute Gasteiger partial charge is 0.257 e. The number of hydrogen-bond donors (Lipinski definition) is 0. The molecule has 140 valence electrons. The maximum atomic E-state index is 12.6. The first-order valence-electron chi connectivity index (χ1n) is 8.98. The number of rotatable bonds is 3. The third-order valence-corrected chi connectivity index (χ3v) is 4.88. The molecule has 0 aliphatic carbocycles. The van der Waals surface area contributed by atoms with Crippen LogP contribution < -0.4 is 0 Å². The second kappa shape index (κ2) is 6.90. The van der Waals surface area contributed by atoms with Gasteiger partial charge in [-0.25, -0.2) is 4.52 Å². The quantitative estimate of drug-likeness (QED) is 0.547. The molecule has 0 spiro atoms. The summed E-state index contributed by atoms with van der Waals surface area (Å²) in [6, 6.07) is 9.56. The Morgan fingerprint density at radius 2 is 2.00 bits per heavy atom. The SMILES string of the molecule is O=C(c1ccoc1)N1CCO[C@H](c2nnn3cc(-c4ccncc4)ccc23)C1. The Bertz CT molecular complexity index is 1110. The first kappa shape index (κ1) is 16.6. The highest BCUT2D eigenvalue weighted by molar-refractivity contribution is 5.93. The van der Waals surface area contributed by atoms with Crippen molar-refractivity contribution in [3.05, 3.63) is 72.7 Å². The van der Waals surface area contributed by atoms with E-state index in [1.54, 1.807) is 27.9 Å². The highest BCUT2D eigenvalue weighted by Gasteiger charge is 2.29. The zero-order chi connectivity index (χ0) is 18.9. The van der Waals surface area contributed by atoms with Gasteiger partial charge in [0.25, 0.3) is 5.91 Å². The van der Waals surface area contributed by atoms with Crippen molar-refractivity contribution in [2.45, 2.75) is 6.10 Å². The minimum atomic E-state index is -0.325. The Kier molecular flexibility index (Phi) is 4.10. The van der Waals surface area contributed by atoms with Crippen molar-refractivity contribution >= 4 is 11.4 Å². The van der Waals surface area contributed by atoms with Gasteiger partial charge in [-0.05, 0) is 29.8 Å². The molecule has 0 unspecified atom stereocenters. The number of amides is 1. The molecule has 1 fully saturated rings. The van der Waals surface area contributed by atoms with Crippen molar-refractivity contribution in [3.63, 3.8) is 0 Å². The highest BCUT2D eigenvalue weighted by Crippen LogP contribution is 2.27. The van der Waals surface area contributed by atoms with Crippen LogP contribution in [0.3, 0.4) is 0 Å². The molecular formula is C20H17N5O3.